The van der Waals surface area contributed by atoms with Gasteiger partial charge in [-0.3, -0.25) is 9.59 Å². The molecule has 2 heterocycles. The van der Waals surface area contributed by atoms with Gasteiger partial charge in [0, 0.05) is 35.1 Å². The van der Waals surface area contributed by atoms with Gasteiger partial charge in [0.2, 0.25) is 0 Å². The van der Waals surface area contributed by atoms with Gasteiger partial charge in [0.25, 0.3) is 11.8 Å². The highest BCUT2D eigenvalue weighted by molar-refractivity contribution is 6.10. The monoisotopic (exact) mass is 382 g/mol. The van der Waals surface area contributed by atoms with Crippen LogP contribution in [-0.4, -0.2) is 24.4 Å². The van der Waals surface area contributed by atoms with E-state index >= 15 is 0 Å². The molecule has 1 unspecified atom stereocenters. The summed E-state index contributed by atoms with van der Waals surface area (Å²) in [4.78, 5) is 29.8. The van der Waals surface area contributed by atoms with Crippen molar-refractivity contribution in [2.24, 2.45) is 0 Å². The van der Waals surface area contributed by atoms with Gasteiger partial charge in [0.05, 0.1) is 0 Å². The molecule has 0 spiro atoms. The molecule has 0 fully saturated rings. The van der Waals surface area contributed by atoms with Crippen molar-refractivity contribution in [2.45, 2.75) is 25.8 Å². The summed E-state index contributed by atoms with van der Waals surface area (Å²) in [6.45, 7) is 2.77. The maximum Gasteiger partial charge on any atom is 0.258 e. The largest absolute Gasteiger partial charge is 0.308 e. The summed E-state index contributed by atoms with van der Waals surface area (Å²) in [5.41, 5.74) is 5.58. The van der Waals surface area contributed by atoms with Gasteiger partial charge < -0.3 is 9.80 Å². The van der Waals surface area contributed by atoms with Crippen LogP contribution in [0.5, 0.6) is 0 Å². The molecule has 0 radical (unpaired) electrons. The molecule has 5 rings (SSSR count). The molecule has 0 saturated heterocycles. The molecule has 2 amide bonds. The Morgan fingerprint density at radius 2 is 1.34 bits per heavy atom. The molecule has 2 aliphatic rings. The number of benzene rings is 3. The van der Waals surface area contributed by atoms with E-state index in [0.29, 0.717) is 17.7 Å². The van der Waals surface area contributed by atoms with E-state index in [-0.39, 0.29) is 17.9 Å². The number of fused-ring (bicyclic) bond motifs is 2. The Kier molecular flexibility index (Phi) is 4.20. The van der Waals surface area contributed by atoms with Crippen LogP contribution >= 0.6 is 0 Å². The van der Waals surface area contributed by atoms with E-state index in [9.17, 15) is 9.59 Å². The van der Waals surface area contributed by atoms with Gasteiger partial charge in [0.1, 0.15) is 0 Å². The average molecular weight is 382 g/mol. The number of para-hydroxylation sites is 2. The molecule has 0 bridgehead atoms. The molecule has 4 heteroatoms. The van der Waals surface area contributed by atoms with Crippen molar-refractivity contribution in [3.63, 3.8) is 0 Å². The first-order chi connectivity index (χ1) is 14.1. The molecule has 3 aromatic rings. The Bertz CT molecular complexity index is 1100. The molecule has 144 valence electrons. The third kappa shape index (κ3) is 2.92. The minimum absolute atomic E-state index is 0.0196. The SMILES string of the molecule is CC1Cc2ccccc2N1C(=O)c1ccc(C(=O)N2CCc3ccccc32)cc1. The Morgan fingerprint density at radius 1 is 0.759 bits per heavy atom. The van der Waals surface area contributed by atoms with Crippen LogP contribution in [0.25, 0.3) is 0 Å². The molecule has 0 aliphatic carbocycles. The molecule has 2 aliphatic heterocycles. The van der Waals surface area contributed by atoms with Crippen LogP contribution < -0.4 is 9.80 Å². The smallest absolute Gasteiger partial charge is 0.258 e. The van der Waals surface area contributed by atoms with Gasteiger partial charge in [-0.15, -0.1) is 0 Å². The van der Waals surface area contributed by atoms with E-state index in [1.54, 1.807) is 24.3 Å². The first kappa shape index (κ1) is 17.7. The number of hydrogen-bond acceptors (Lipinski definition) is 2. The van der Waals surface area contributed by atoms with Crippen LogP contribution in [0.1, 0.15) is 38.8 Å². The van der Waals surface area contributed by atoms with Crippen molar-refractivity contribution in [2.75, 3.05) is 16.3 Å². The van der Waals surface area contributed by atoms with Crippen LogP contribution in [0.2, 0.25) is 0 Å². The van der Waals surface area contributed by atoms with E-state index in [1.165, 1.54) is 11.1 Å². The summed E-state index contributed by atoms with van der Waals surface area (Å²) >= 11 is 0. The Hall–Kier alpha value is -3.40. The van der Waals surface area contributed by atoms with E-state index < -0.39 is 0 Å². The van der Waals surface area contributed by atoms with Gasteiger partial charge >= 0.3 is 0 Å². The number of nitrogens with zero attached hydrogens (tertiary/aromatic N) is 2. The lowest BCUT2D eigenvalue weighted by Gasteiger charge is -2.23. The average Bonchev–Trinajstić information content (AvgIpc) is 3.33. The first-order valence-electron chi connectivity index (χ1n) is 10.0. The third-order valence-electron chi connectivity index (χ3n) is 5.94. The van der Waals surface area contributed by atoms with Gasteiger partial charge in [-0.2, -0.15) is 0 Å². The zero-order chi connectivity index (χ0) is 20.0. The number of carbonyl (C=O) groups is 2. The molecular formula is C25H22N2O2. The lowest BCUT2D eigenvalue weighted by Crippen LogP contribution is -2.35. The second-order valence-corrected chi connectivity index (χ2v) is 7.77. The van der Waals surface area contributed by atoms with Crippen molar-refractivity contribution in [3.8, 4) is 0 Å². The number of amides is 2. The fourth-order valence-corrected chi connectivity index (χ4v) is 4.47. The van der Waals surface area contributed by atoms with Crippen molar-refractivity contribution >= 4 is 23.2 Å². The number of rotatable bonds is 2. The van der Waals surface area contributed by atoms with Gasteiger partial charge in [0.15, 0.2) is 0 Å². The van der Waals surface area contributed by atoms with Crippen molar-refractivity contribution in [1.82, 2.24) is 0 Å². The van der Waals surface area contributed by atoms with Crippen LogP contribution in [0.15, 0.2) is 72.8 Å². The molecule has 0 saturated carbocycles. The predicted octanol–water partition coefficient (Wildman–Crippen LogP) is 4.48. The van der Waals surface area contributed by atoms with E-state index in [1.807, 2.05) is 46.2 Å². The number of anilines is 2. The van der Waals surface area contributed by atoms with Gasteiger partial charge in [-0.05, 0) is 67.3 Å². The maximum absolute atomic E-state index is 13.2. The highest BCUT2D eigenvalue weighted by atomic mass is 16.2. The van der Waals surface area contributed by atoms with Crippen LogP contribution in [-0.2, 0) is 12.8 Å². The zero-order valence-corrected chi connectivity index (χ0v) is 16.3. The molecule has 29 heavy (non-hydrogen) atoms. The summed E-state index contributed by atoms with van der Waals surface area (Å²) < 4.78 is 0. The summed E-state index contributed by atoms with van der Waals surface area (Å²) in [5.74, 6) is -0.0400. The molecule has 0 aromatic heterocycles. The normalized spacial score (nSPS) is 17.2. The van der Waals surface area contributed by atoms with Crippen LogP contribution in [0, 0.1) is 0 Å². The predicted molar refractivity (Wildman–Crippen MR) is 115 cm³/mol. The van der Waals surface area contributed by atoms with Gasteiger partial charge in [-0.25, -0.2) is 0 Å². The quantitative estimate of drug-likeness (QED) is 0.656. The highest BCUT2D eigenvalue weighted by Crippen LogP contribution is 2.33. The molecule has 3 aromatic carbocycles. The van der Waals surface area contributed by atoms with Crippen molar-refractivity contribution in [3.05, 3.63) is 95.1 Å². The molecule has 1 atom stereocenters. The van der Waals surface area contributed by atoms with Crippen LogP contribution in [0.3, 0.4) is 0 Å². The van der Waals surface area contributed by atoms with E-state index in [4.69, 9.17) is 0 Å². The van der Waals surface area contributed by atoms with Crippen molar-refractivity contribution < 1.29 is 9.59 Å². The topological polar surface area (TPSA) is 40.6 Å². The minimum atomic E-state index is -0.0204. The molecular weight excluding hydrogens is 360 g/mol. The van der Waals surface area contributed by atoms with Gasteiger partial charge in [-0.1, -0.05) is 36.4 Å². The first-order valence-corrected chi connectivity index (χ1v) is 10.0. The van der Waals surface area contributed by atoms with Crippen LogP contribution in [0.4, 0.5) is 11.4 Å². The lowest BCUT2D eigenvalue weighted by atomic mass is 10.1. The fourth-order valence-electron chi connectivity index (χ4n) is 4.47. The zero-order valence-electron chi connectivity index (χ0n) is 16.3. The van der Waals surface area contributed by atoms with E-state index in [0.717, 1.165) is 24.2 Å². The minimum Gasteiger partial charge on any atom is -0.308 e. The third-order valence-corrected chi connectivity index (χ3v) is 5.94. The second kappa shape index (κ2) is 6.89. The Labute approximate surface area is 170 Å². The number of carbonyl (C=O) groups excluding carboxylic acids is 2. The maximum atomic E-state index is 13.2. The number of hydrogen-bond donors (Lipinski definition) is 0. The van der Waals surface area contributed by atoms with Crippen molar-refractivity contribution in [1.29, 1.82) is 0 Å². The standard InChI is InChI=1S/C25H22N2O2/c1-17-16-21-7-3-5-9-23(21)27(17)25(29)20-12-10-19(11-13-20)24(28)26-15-14-18-6-2-4-8-22(18)26/h2-13,17H,14-16H2,1H3. The Balaban J connectivity index is 1.38. The summed E-state index contributed by atoms with van der Waals surface area (Å²) in [6.07, 6.45) is 1.75. The summed E-state index contributed by atoms with van der Waals surface area (Å²) in [7, 11) is 0. The fraction of sp³-hybridized carbons (Fsp3) is 0.200. The lowest BCUT2D eigenvalue weighted by molar-refractivity contribution is 0.0973. The molecule has 0 N–H and O–H groups in total. The van der Waals surface area contributed by atoms with E-state index in [2.05, 4.69) is 19.1 Å². The summed E-state index contributed by atoms with van der Waals surface area (Å²) in [5, 5.41) is 0. The molecule has 4 nitrogen and oxygen atoms in total. The second-order valence-electron chi connectivity index (χ2n) is 7.77. The highest BCUT2D eigenvalue weighted by Gasteiger charge is 2.31. The Morgan fingerprint density at radius 3 is 2.07 bits per heavy atom. The summed E-state index contributed by atoms with van der Waals surface area (Å²) in [6, 6.07) is 23.3.